The van der Waals surface area contributed by atoms with Crippen molar-refractivity contribution in [2.24, 2.45) is 0 Å². The molecule has 0 atom stereocenters. The van der Waals surface area contributed by atoms with E-state index in [4.69, 9.17) is 4.74 Å². The fraction of sp³-hybridized carbons (Fsp3) is 0.429. The van der Waals surface area contributed by atoms with Gasteiger partial charge in [-0.1, -0.05) is 12.1 Å². The van der Waals surface area contributed by atoms with Gasteiger partial charge in [0.15, 0.2) is 5.82 Å². The van der Waals surface area contributed by atoms with Crippen LogP contribution in [0.5, 0.6) is 0 Å². The molecule has 168 valence electrons. The summed E-state index contributed by atoms with van der Waals surface area (Å²) in [6, 6.07) is 6.63. The Morgan fingerprint density at radius 2 is 1.78 bits per heavy atom. The van der Waals surface area contributed by atoms with Gasteiger partial charge in [-0.05, 0) is 12.1 Å². The molecule has 0 N–H and O–H groups in total. The van der Waals surface area contributed by atoms with Gasteiger partial charge in [-0.3, -0.25) is 4.79 Å². The lowest BCUT2D eigenvalue weighted by atomic mass is 10.2. The van der Waals surface area contributed by atoms with Crippen LogP contribution < -0.4 is 15.5 Å². The fourth-order valence-corrected chi connectivity index (χ4v) is 4.17. The van der Waals surface area contributed by atoms with E-state index in [0.29, 0.717) is 69.6 Å². The Hall–Kier alpha value is -3.47. The van der Waals surface area contributed by atoms with E-state index in [9.17, 15) is 14.0 Å². The molecule has 0 bridgehead atoms. The van der Waals surface area contributed by atoms with Crippen LogP contribution in [0.2, 0.25) is 0 Å². The highest BCUT2D eigenvalue weighted by Gasteiger charge is 2.25. The number of ether oxygens (including phenoxy) is 1. The summed E-state index contributed by atoms with van der Waals surface area (Å²) in [4.78, 5) is 35.7. The molecule has 0 aliphatic carbocycles. The molecular formula is C21H24FN7O3. The number of fused-ring (bicyclic) bond motifs is 1. The number of rotatable bonds is 4. The van der Waals surface area contributed by atoms with Gasteiger partial charge in [-0.15, -0.1) is 5.10 Å². The molecule has 2 aromatic heterocycles. The van der Waals surface area contributed by atoms with Crippen molar-refractivity contribution in [1.29, 1.82) is 0 Å². The largest absolute Gasteiger partial charge is 0.378 e. The summed E-state index contributed by atoms with van der Waals surface area (Å²) in [6.07, 6.45) is 3.12. The zero-order valence-corrected chi connectivity index (χ0v) is 17.6. The molecule has 11 heteroatoms. The number of amides is 1. The van der Waals surface area contributed by atoms with Crippen LogP contribution >= 0.6 is 0 Å². The predicted octanol–water partition coefficient (Wildman–Crippen LogP) is 0.216. The highest BCUT2D eigenvalue weighted by molar-refractivity contribution is 5.76. The molecule has 0 unspecified atom stereocenters. The van der Waals surface area contributed by atoms with Crippen LogP contribution in [0, 0.1) is 5.82 Å². The Bertz CT molecular complexity index is 1180. The predicted molar refractivity (Wildman–Crippen MR) is 115 cm³/mol. The van der Waals surface area contributed by atoms with Crippen LogP contribution in [0.3, 0.4) is 0 Å². The highest BCUT2D eigenvalue weighted by atomic mass is 19.1. The van der Waals surface area contributed by atoms with Gasteiger partial charge >= 0.3 is 5.69 Å². The van der Waals surface area contributed by atoms with Crippen LogP contribution in [-0.2, 0) is 16.1 Å². The molecule has 2 saturated heterocycles. The van der Waals surface area contributed by atoms with Crippen molar-refractivity contribution in [3.63, 3.8) is 0 Å². The molecule has 3 aromatic rings. The van der Waals surface area contributed by atoms with Crippen molar-refractivity contribution in [3.05, 3.63) is 53.0 Å². The van der Waals surface area contributed by atoms with Gasteiger partial charge in [-0.2, -0.15) is 0 Å². The maximum absolute atomic E-state index is 14.0. The fourth-order valence-electron chi connectivity index (χ4n) is 4.17. The SMILES string of the molecule is O=C(Cn1nc2c(N3CCOCC3)nccn2c1=O)N1CCN(c2ccccc2F)CC1. The number of halogens is 1. The number of anilines is 2. The van der Waals surface area contributed by atoms with Crippen LogP contribution in [0.1, 0.15) is 0 Å². The number of carbonyl (C=O) groups excluding carboxylic acids is 1. The second-order valence-electron chi connectivity index (χ2n) is 7.80. The van der Waals surface area contributed by atoms with E-state index in [0.717, 1.165) is 0 Å². The third kappa shape index (κ3) is 3.79. The molecular weight excluding hydrogens is 417 g/mol. The van der Waals surface area contributed by atoms with Crippen LogP contribution in [-0.4, -0.2) is 82.5 Å². The number of aromatic nitrogens is 4. The highest BCUT2D eigenvalue weighted by Crippen LogP contribution is 2.20. The number of morpholine rings is 1. The molecule has 4 heterocycles. The first kappa shape index (κ1) is 20.4. The minimum atomic E-state index is -0.379. The summed E-state index contributed by atoms with van der Waals surface area (Å²) in [5.74, 6) is 0.149. The molecule has 5 rings (SSSR count). The first-order valence-corrected chi connectivity index (χ1v) is 10.7. The van der Waals surface area contributed by atoms with Gasteiger partial charge < -0.3 is 19.4 Å². The topological polar surface area (TPSA) is 88.2 Å². The Labute approximate surface area is 183 Å². The lowest BCUT2D eigenvalue weighted by molar-refractivity contribution is -0.132. The minimum absolute atomic E-state index is 0.150. The summed E-state index contributed by atoms with van der Waals surface area (Å²) in [5, 5.41) is 4.41. The molecule has 2 fully saturated rings. The molecule has 1 amide bonds. The summed E-state index contributed by atoms with van der Waals surface area (Å²) >= 11 is 0. The van der Waals surface area contributed by atoms with E-state index in [-0.39, 0.29) is 24.0 Å². The standard InChI is InChI=1S/C21H24FN7O3/c22-16-3-1-2-4-17(16)25-7-9-26(10-8-25)18(30)15-29-21(31)28-6-5-23-19(20(28)24-29)27-11-13-32-14-12-27/h1-6H,7-15H2. The third-order valence-corrected chi connectivity index (χ3v) is 5.90. The summed E-state index contributed by atoms with van der Waals surface area (Å²) < 4.78 is 22.0. The first-order valence-electron chi connectivity index (χ1n) is 10.7. The molecule has 0 radical (unpaired) electrons. The molecule has 2 aliphatic heterocycles. The monoisotopic (exact) mass is 441 g/mol. The third-order valence-electron chi connectivity index (χ3n) is 5.90. The van der Waals surface area contributed by atoms with E-state index in [1.165, 1.54) is 15.1 Å². The van der Waals surface area contributed by atoms with Gasteiger partial charge in [-0.25, -0.2) is 23.3 Å². The van der Waals surface area contributed by atoms with E-state index in [1.54, 1.807) is 35.5 Å². The first-order chi connectivity index (χ1) is 15.6. The Morgan fingerprint density at radius 1 is 1.03 bits per heavy atom. The Morgan fingerprint density at radius 3 is 2.53 bits per heavy atom. The van der Waals surface area contributed by atoms with Crippen molar-refractivity contribution in [1.82, 2.24) is 24.1 Å². The molecule has 2 aliphatic rings. The van der Waals surface area contributed by atoms with Crippen molar-refractivity contribution in [3.8, 4) is 0 Å². The second kappa shape index (κ2) is 8.58. The van der Waals surface area contributed by atoms with E-state index in [2.05, 4.69) is 10.1 Å². The maximum atomic E-state index is 14.0. The minimum Gasteiger partial charge on any atom is -0.378 e. The van der Waals surface area contributed by atoms with Crippen molar-refractivity contribution in [2.75, 3.05) is 62.3 Å². The quantitative estimate of drug-likeness (QED) is 0.572. The molecule has 1 aromatic carbocycles. The van der Waals surface area contributed by atoms with Crippen molar-refractivity contribution >= 4 is 23.1 Å². The number of piperazine rings is 1. The van der Waals surface area contributed by atoms with Gasteiger partial charge in [0, 0.05) is 51.7 Å². The summed E-state index contributed by atoms with van der Waals surface area (Å²) in [5.41, 5.74) is 0.589. The normalized spacial score (nSPS) is 17.2. The number of nitrogens with zero attached hydrogens (tertiary/aromatic N) is 7. The zero-order valence-electron chi connectivity index (χ0n) is 17.6. The number of hydrogen-bond donors (Lipinski definition) is 0. The number of para-hydroxylation sites is 1. The van der Waals surface area contributed by atoms with Crippen LogP contribution in [0.25, 0.3) is 5.65 Å². The molecule has 0 saturated carbocycles. The van der Waals surface area contributed by atoms with E-state index < -0.39 is 0 Å². The van der Waals surface area contributed by atoms with E-state index >= 15 is 0 Å². The van der Waals surface area contributed by atoms with E-state index in [1.807, 2.05) is 9.80 Å². The number of carbonyl (C=O) groups is 1. The van der Waals surface area contributed by atoms with Crippen molar-refractivity contribution < 1.29 is 13.9 Å². The average molecular weight is 441 g/mol. The molecule has 0 spiro atoms. The second-order valence-corrected chi connectivity index (χ2v) is 7.80. The van der Waals surface area contributed by atoms with Gasteiger partial charge in [0.05, 0.1) is 18.9 Å². The number of hydrogen-bond acceptors (Lipinski definition) is 7. The Balaban J connectivity index is 1.30. The summed E-state index contributed by atoms with van der Waals surface area (Å²) in [7, 11) is 0. The average Bonchev–Trinajstić information content (AvgIpc) is 3.15. The van der Waals surface area contributed by atoms with Crippen LogP contribution in [0.4, 0.5) is 15.9 Å². The lowest BCUT2D eigenvalue weighted by Crippen LogP contribution is -2.50. The Kier molecular flexibility index (Phi) is 5.48. The zero-order chi connectivity index (χ0) is 22.1. The number of benzene rings is 1. The summed E-state index contributed by atoms with van der Waals surface area (Å²) in [6.45, 7) is 4.32. The molecule has 10 nitrogen and oxygen atoms in total. The molecule has 32 heavy (non-hydrogen) atoms. The lowest BCUT2D eigenvalue weighted by Gasteiger charge is -2.36. The maximum Gasteiger partial charge on any atom is 0.350 e. The van der Waals surface area contributed by atoms with Gasteiger partial charge in [0.2, 0.25) is 11.6 Å². The van der Waals surface area contributed by atoms with Crippen molar-refractivity contribution in [2.45, 2.75) is 6.54 Å². The van der Waals surface area contributed by atoms with Gasteiger partial charge in [0.1, 0.15) is 12.4 Å². The van der Waals surface area contributed by atoms with Crippen LogP contribution in [0.15, 0.2) is 41.5 Å². The smallest absolute Gasteiger partial charge is 0.350 e. The van der Waals surface area contributed by atoms with Gasteiger partial charge in [0.25, 0.3) is 0 Å².